The molecule has 0 unspecified atom stereocenters. The topological polar surface area (TPSA) is 140 Å². The van der Waals surface area contributed by atoms with Gasteiger partial charge < -0.3 is 5.73 Å². The van der Waals surface area contributed by atoms with E-state index in [1.54, 1.807) is 19.1 Å². The van der Waals surface area contributed by atoms with Gasteiger partial charge in [-0.05, 0) is 61.2 Å². The fourth-order valence-electron chi connectivity index (χ4n) is 3.66. The molecular weight excluding hydrogens is 417 g/mol. The number of nitrogens with two attached hydrogens (primary N) is 1. The van der Waals surface area contributed by atoms with Crippen LogP contribution < -0.4 is 11.2 Å². The number of nitrogens with zero attached hydrogens (tertiary/aromatic N) is 7. The number of anilines is 1. The molecule has 11 nitrogen and oxygen atoms in total. The lowest BCUT2D eigenvalue weighted by molar-refractivity contribution is 0.0944. The molecule has 12 heteroatoms. The zero-order valence-corrected chi connectivity index (χ0v) is 17.8. The van der Waals surface area contributed by atoms with Gasteiger partial charge >= 0.3 is 0 Å². The van der Waals surface area contributed by atoms with Crippen LogP contribution in [0.4, 0.5) is 10.2 Å². The van der Waals surface area contributed by atoms with Gasteiger partial charge in [-0.15, -0.1) is 5.10 Å². The van der Waals surface area contributed by atoms with Gasteiger partial charge in [0.05, 0.1) is 11.4 Å². The van der Waals surface area contributed by atoms with Crippen LogP contribution in [-0.2, 0) is 6.54 Å². The SMILES string of the molecule is C/C(=N\NC(=O)c1nnn(-c2nonc2N)c1CN1CCCC[C@@H]1C)c1ccc(F)cc1. The molecule has 1 aliphatic heterocycles. The van der Waals surface area contributed by atoms with Crippen molar-refractivity contribution >= 4 is 17.4 Å². The fourth-order valence-corrected chi connectivity index (χ4v) is 3.66. The number of nitrogens with one attached hydrogen (secondary N) is 1. The van der Waals surface area contributed by atoms with Crippen LogP contribution in [0.5, 0.6) is 0 Å². The molecule has 4 rings (SSSR count). The van der Waals surface area contributed by atoms with Crippen molar-refractivity contribution in [3.8, 4) is 5.82 Å². The lowest BCUT2D eigenvalue weighted by Gasteiger charge is -2.33. The monoisotopic (exact) mass is 441 g/mol. The van der Waals surface area contributed by atoms with E-state index < -0.39 is 5.91 Å². The number of piperidine rings is 1. The second-order valence-electron chi connectivity index (χ2n) is 7.73. The minimum absolute atomic E-state index is 0.0416. The number of carbonyl (C=O) groups excluding carboxylic acids is 1. The molecule has 1 amide bonds. The van der Waals surface area contributed by atoms with Crippen molar-refractivity contribution in [2.24, 2.45) is 5.10 Å². The number of hydrazone groups is 1. The van der Waals surface area contributed by atoms with Crippen molar-refractivity contribution in [2.75, 3.05) is 12.3 Å². The summed E-state index contributed by atoms with van der Waals surface area (Å²) < 4.78 is 19.2. The lowest BCUT2D eigenvalue weighted by Crippen LogP contribution is -2.38. The first kappa shape index (κ1) is 21.6. The molecule has 1 aromatic carbocycles. The summed E-state index contributed by atoms with van der Waals surface area (Å²) in [6, 6.07) is 6.17. The summed E-state index contributed by atoms with van der Waals surface area (Å²) in [7, 11) is 0. The second-order valence-corrected chi connectivity index (χ2v) is 7.73. The van der Waals surface area contributed by atoms with E-state index in [1.807, 2.05) is 0 Å². The van der Waals surface area contributed by atoms with E-state index in [1.165, 1.54) is 23.2 Å². The van der Waals surface area contributed by atoms with Gasteiger partial charge in [-0.2, -0.15) is 9.78 Å². The van der Waals surface area contributed by atoms with E-state index in [2.05, 4.69) is 43.0 Å². The van der Waals surface area contributed by atoms with Gasteiger partial charge in [0.1, 0.15) is 5.82 Å². The number of hydrogen-bond acceptors (Lipinski definition) is 9. The number of amides is 1. The van der Waals surface area contributed by atoms with Crippen molar-refractivity contribution < 1.29 is 13.8 Å². The molecule has 0 aliphatic carbocycles. The number of nitrogen functional groups attached to an aromatic ring is 1. The quantitative estimate of drug-likeness (QED) is 0.437. The molecule has 2 aromatic heterocycles. The number of likely N-dealkylation sites (tertiary alicyclic amines) is 1. The third kappa shape index (κ3) is 4.49. The largest absolute Gasteiger partial charge is 0.378 e. The van der Waals surface area contributed by atoms with Gasteiger partial charge in [0.15, 0.2) is 5.69 Å². The van der Waals surface area contributed by atoms with Crippen molar-refractivity contribution in [2.45, 2.75) is 45.7 Å². The minimum Gasteiger partial charge on any atom is -0.378 e. The third-order valence-electron chi connectivity index (χ3n) is 5.56. The second kappa shape index (κ2) is 9.22. The van der Waals surface area contributed by atoms with Gasteiger partial charge in [0.25, 0.3) is 5.91 Å². The van der Waals surface area contributed by atoms with Crippen LogP contribution in [0.1, 0.15) is 54.9 Å². The van der Waals surface area contributed by atoms with Crippen molar-refractivity contribution in [1.82, 2.24) is 35.6 Å². The predicted molar refractivity (Wildman–Crippen MR) is 113 cm³/mol. The molecule has 168 valence electrons. The smallest absolute Gasteiger partial charge is 0.293 e. The van der Waals surface area contributed by atoms with Crippen LogP contribution in [0.25, 0.3) is 5.82 Å². The molecule has 0 radical (unpaired) electrons. The molecular formula is C20H24FN9O2. The van der Waals surface area contributed by atoms with Crippen LogP contribution in [0.3, 0.4) is 0 Å². The van der Waals surface area contributed by atoms with E-state index in [0.29, 0.717) is 29.6 Å². The number of benzene rings is 1. The molecule has 1 atom stereocenters. The highest BCUT2D eigenvalue weighted by Gasteiger charge is 2.28. The Morgan fingerprint density at radius 2 is 2.09 bits per heavy atom. The summed E-state index contributed by atoms with van der Waals surface area (Å²) in [5, 5.41) is 19.6. The molecule has 32 heavy (non-hydrogen) atoms. The Labute approximate surface area is 183 Å². The molecule has 1 aliphatic rings. The van der Waals surface area contributed by atoms with Gasteiger partial charge in [-0.3, -0.25) is 9.69 Å². The van der Waals surface area contributed by atoms with E-state index in [4.69, 9.17) is 10.4 Å². The van der Waals surface area contributed by atoms with E-state index in [-0.39, 0.29) is 23.1 Å². The summed E-state index contributed by atoms with van der Waals surface area (Å²) in [6.45, 7) is 5.17. The van der Waals surface area contributed by atoms with Crippen molar-refractivity contribution in [3.63, 3.8) is 0 Å². The van der Waals surface area contributed by atoms with E-state index in [9.17, 15) is 9.18 Å². The summed E-state index contributed by atoms with van der Waals surface area (Å²) in [6.07, 6.45) is 3.31. The van der Waals surface area contributed by atoms with E-state index in [0.717, 1.165) is 19.4 Å². The highest BCUT2D eigenvalue weighted by Crippen LogP contribution is 2.22. The molecule has 0 saturated carbocycles. The Kier molecular flexibility index (Phi) is 6.21. The lowest BCUT2D eigenvalue weighted by atomic mass is 10.0. The van der Waals surface area contributed by atoms with Crippen LogP contribution in [0, 0.1) is 5.82 Å². The number of hydrogen-bond donors (Lipinski definition) is 2. The molecule has 1 fully saturated rings. The Bertz CT molecular complexity index is 1120. The first-order valence-electron chi connectivity index (χ1n) is 10.3. The molecule has 1 saturated heterocycles. The Morgan fingerprint density at radius 3 is 2.78 bits per heavy atom. The maximum atomic E-state index is 13.1. The van der Waals surface area contributed by atoms with Crippen LogP contribution >= 0.6 is 0 Å². The predicted octanol–water partition coefficient (Wildman–Crippen LogP) is 1.90. The Morgan fingerprint density at radius 1 is 1.31 bits per heavy atom. The van der Waals surface area contributed by atoms with Crippen molar-refractivity contribution in [3.05, 3.63) is 47.0 Å². The first-order chi connectivity index (χ1) is 15.4. The first-order valence-corrected chi connectivity index (χ1v) is 10.3. The van der Waals surface area contributed by atoms with Gasteiger partial charge in [0.2, 0.25) is 11.6 Å². The Hall–Kier alpha value is -3.67. The highest BCUT2D eigenvalue weighted by atomic mass is 19.1. The average molecular weight is 441 g/mol. The molecule has 3 heterocycles. The van der Waals surface area contributed by atoms with Gasteiger partial charge in [-0.25, -0.2) is 14.4 Å². The summed E-state index contributed by atoms with van der Waals surface area (Å²) in [5.74, 6) is -0.671. The molecule has 3 N–H and O–H groups in total. The van der Waals surface area contributed by atoms with Gasteiger partial charge in [0, 0.05) is 12.6 Å². The summed E-state index contributed by atoms with van der Waals surface area (Å²) in [5.41, 5.74) is 10.1. The fraction of sp³-hybridized carbons (Fsp3) is 0.400. The highest BCUT2D eigenvalue weighted by molar-refractivity contribution is 6.00. The van der Waals surface area contributed by atoms with Gasteiger partial charge in [-0.1, -0.05) is 23.8 Å². The van der Waals surface area contributed by atoms with Crippen LogP contribution in [0.15, 0.2) is 34.0 Å². The van der Waals surface area contributed by atoms with E-state index >= 15 is 0 Å². The average Bonchev–Trinajstić information content (AvgIpc) is 3.39. The number of carbonyl (C=O) groups is 1. The molecule has 0 spiro atoms. The normalized spacial score (nSPS) is 17.5. The number of rotatable bonds is 6. The zero-order chi connectivity index (χ0) is 22.7. The summed E-state index contributed by atoms with van der Waals surface area (Å²) >= 11 is 0. The van der Waals surface area contributed by atoms with Crippen LogP contribution in [0.2, 0.25) is 0 Å². The molecule has 3 aromatic rings. The standard InChI is InChI=1S/C20H24FN9O2/c1-12-5-3-4-10-29(12)11-16-17(24-28-30(16)19-18(22)26-32-27-19)20(31)25-23-13(2)14-6-8-15(21)9-7-14/h6-9,12H,3-5,10-11H2,1-2H3,(H2,22,26)(H,25,31)/b23-13+/t12-/m0/s1. The van der Waals surface area contributed by atoms with Crippen LogP contribution in [-0.4, -0.2) is 54.4 Å². The number of aromatic nitrogens is 5. The number of halogens is 1. The van der Waals surface area contributed by atoms with Crippen molar-refractivity contribution in [1.29, 1.82) is 0 Å². The maximum absolute atomic E-state index is 13.1. The Balaban J connectivity index is 1.61. The zero-order valence-electron chi connectivity index (χ0n) is 17.8. The maximum Gasteiger partial charge on any atom is 0.293 e. The third-order valence-corrected chi connectivity index (χ3v) is 5.56. The molecule has 0 bridgehead atoms. The summed E-state index contributed by atoms with van der Waals surface area (Å²) in [4.78, 5) is 15.2. The minimum atomic E-state index is -0.535.